The first-order valence-electron chi connectivity index (χ1n) is 5.30. The number of aliphatic hydroxyl groups is 1. The minimum Gasteiger partial charge on any atom is -0.394 e. The predicted octanol–water partition coefficient (Wildman–Crippen LogP) is 1.31. The van der Waals surface area contributed by atoms with Crippen molar-refractivity contribution < 1.29 is 9.50 Å². The summed E-state index contributed by atoms with van der Waals surface area (Å²) >= 11 is 0. The number of rotatable bonds is 3. The summed E-state index contributed by atoms with van der Waals surface area (Å²) in [6, 6.07) is 5.70. The summed E-state index contributed by atoms with van der Waals surface area (Å²) in [6.45, 7) is 1.69. The van der Waals surface area contributed by atoms with Crippen LogP contribution in [-0.2, 0) is 0 Å². The van der Waals surface area contributed by atoms with E-state index in [-0.39, 0.29) is 12.4 Å². The molecule has 4 nitrogen and oxygen atoms in total. The molecule has 5 heteroatoms. The van der Waals surface area contributed by atoms with Crippen LogP contribution in [0.5, 0.6) is 0 Å². The van der Waals surface area contributed by atoms with E-state index in [2.05, 4.69) is 5.10 Å². The van der Waals surface area contributed by atoms with E-state index in [4.69, 9.17) is 10.8 Å². The van der Waals surface area contributed by atoms with Gasteiger partial charge in [-0.05, 0) is 25.1 Å². The second-order valence-corrected chi connectivity index (χ2v) is 3.87. The summed E-state index contributed by atoms with van der Waals surface area (Å²) < 4.78 is 14.7. The molecule has 0 radical (unpaired) electrons. The van der Waals surface area contributed by atoms with Gasteiger partial charge in [0, 0.05) is 11.3 Å². The van der Waals surface area contributed by atoms with E-state index in [0.29, 0.717) is 5.69 Å². The maximum atomic E-state index is 13.1. The molecule has 0 saturated heterocycles. The van der Waals surface area contributed by atoms with Gasteiger partial charge >= 0.3 is 0 Å². The molecule has 0 amide bonds. The monoisotopic (exact) mass is 235 g/mol. The topological polar surface area (TPSA) is 64.1 Å². The van der Waals surface area contributed by atoms with Crippen molar-refractivity contribution in [2.45, 2.75) is 13.0 Å². The van der Waals surface area contributed by atoms with Gasteiger partial charge in [0.05, 0.1) is 24.5 Å². The number of hydrogen-bond donors (Lipinski definition) is 2. The number of benzene rings is 1. The molecule has 0 saturated carbocycles. The molecule has 3 N–H and O–H groups in total. The molecule has 2 aromatic rings. The van der Waals surface area contributed by atoms with Crippen molar-refractivity contribution in [2.75, 3.05) is 6.61 Å². The van der Waals surface area contributed by atoms with Crippen molar-refractivity contribution in [1.82, 2.24) is 9.78 Å². The van der Waals surface area contributed by atoms with Crippen LogP contribution in [0.1, 0.15) is 17.3 Å². The van der Waals surface area contributed by atoms with E-state index in [1.807, 2.05) is 6.92 Å². The molecule has 1 atom stereocenters. The van der Waals surface area contributed by atoms with Crippen LogP contribution in [0.2, 0.25) is 0 Å². The predicted molar refractivity (Wildman–Crippen MR) is 62.3 cm³/mol. The van der Waals surface area contributed by atoms with Crippen molar-refractivity contribution in [2.24, 2.45) is 5.73 Å². The van der Waals surface area contributed by atoms with E-state index in [9.17, 15) is 4.39 Å². The summed E-state index contributed by atoms with van der Waals surface area (Å²) in [6.07, 6.45) is 1.60. The molecule has 0 aliphatic heterocycles. The van der Waals surface area contributed by atoms with Crippen LogP contribution in [0, 0.1) is 12.7 Å². The lowest BCUT2D eigenvalue weighted by Gasteiger charge is -2.09. The maximum absolute atomic E-state index is 13.1. The fourth-order valence-corrected chi connectivity index (χ4v) is 1.75. The third-order valence-electron chi connectivity index (χ3n) is 2.70. The summed E-state index contributed by atoms with van der Waals surface area (Å²) in [7, 11) is 0. The smallest absolute Gasteiger partial charge is 0.125 e. The van der Waals surface area contributed by atoms with Crippen LogP contribution in [-0.4, -0.2) is 21.5 Å². The maximum Gasteiger partial charge on any atom is 0.125 e. The van der Waals surface area contributed by atoms with Crippen LogP contribution >= 0.6 is 0 Å². The third kappa shape index (κ3) is 2.20. The molecule has 0 aliphatic rings. The first-order chi connectivity index (χ1) is 8.13. The van der Waals surface area contributed by atoms with E-state index < -0.39 is 6.04 Å². The Hall–Kier alpha value is -1.72. The Balaban J connectivity index is 2.44. The second kappa shape index (κ2) is 4.65. The van der Waals surface area contributed by atoms with Gasteiger partial charge in [0.25, 0.3) is 0 Å². The van der Waals surface area contributed by atoms with Gasteiger partial charge in [0.1, 0.15) is 5.82 Å². The Labute approximate surface area is 98.5 Å². The van der Waals surface area contributed by atoms with Gasteiger partial charge in [0.2, 0.25) is 0 Å². The Morgan fingerprint density at radius 3 is 2.94 bits per heavy atom. The highest BCUT2D eigenvalue weighted by molar-refractivity contribution is 5.35. The lowest BCUT2D eigenvalue weighted by Crippen LogP contribution is -2.15. The molecule has 17 heavy (non-hydrogen) atoms. The summed E-state index contributed by atoms with van der Waals surface area (Å²) in [5, 5.41) is 13.2. The number of nitrogens with zero attached hydrogens (tertiary/aromatic N) is 2. The molecule has 2 rings (SSSR count). The van der Waals surface area contributed by atoms with Crippen LogP contribution in [0.4, 0.5) is 4.39 Å². The van der Waals surface area contributed by atoms with Gasteiger partial charge in [-0.25, -0.2) is 9.07 Å². The van der Waals surface area contributed by atoms with Crippen molar-refractivity contribution in [1.29, 1.82) is 0 Å². The lowest BCUT2D eigenvalue weighted by molar-refractivity contribution is 0.267. The fourth-order valence-electron chi connectivity index (χ4n) is 1.75. The Bertz CT molecular complexity index is 524. The van der Waals surface area contributed by atoms with Gasteiger partial charge in [-0.2, -0.15) is 5.10 Å². The van der Waals surface area contributed by atoms with Crippen LogP contribution < -0.4 is 5.73 Å². The van der Waals surface area contributed by atoms with Crippen molar-refractivity contribution >= 4 is 0 Å². The molecule has 1 aromatic carbocycles. The molecular formula is C12H14FN3O. The second-order valence-electron chi connectivity index (χ2n) is 3.87. The molecule has 0 spiro atoms. The lowest BCUT2D eigenvalue weighted by atomic mass is 10.1. The SMILES string of the molecule is Cc1c(C(N)CO)cnn1-c1cccc(F)c1. The van der Waals surface area contributed by atoms with Gasteiger partial charge in [-0.15, -0.1) is 0 Å². The number of halogens is 1. The summed E-state index contributed by atoms with van der Waals surface area (Å²) in [4.78, 5) is 0. The molecule has 90 valence electrons. The fraction of sp³-hybridized carbons (Fsp3) is 0.250. The Morgan fingerprint density at radius 1 is 1.53 bits per heavy atom. The molecular weight excluding hydrogens is 221 g/mol. The third-order valence-corrected chi connectivity index (χ3v) is 2.70. The minimum absolute atomic E-state index is 0.143. The van der Waals surface area contributed by atoms with Gasteiger partial charge in [-0.1, -0.05) is 6.07 Å². The van der Waals surface area contributed by atoms with Crippen LogP contribution in [0.25, 0.3) is 5.69 Å². The van der Waals surface area contributed by atoms with E-state index in [0.717, 1.165) is 11.3 Å². The highest BCUT2D eigenvalue weighted by Gasteiger charge is 2.13. The van der Waals surface area contributed by atoms with Crippen molar-refractivity contribution in [3.63, 3.8) is 0 Å². The average molecular weight is 235 g/mol. The van der Waals surface area contributed by atoms with Crippen molar-refractivity contribution in [3.8, 4) is 5.69 Å². The van der Waals surface area contributed by atoms with E-state index >= 15 is 0 Å². The highest BCUT2D eigenvalue weighted by atomic mass is 19.1. The largest absolute Gasteiger partial charge is 0.394 e. The van der Waals surface area contributed by atoms with Crippen LogP contribution in [0.15, 0.2) is 30.5 Å². The summed E-state index contributed by atoms with van der Waals surface area (Å²) in [5.74, 6) is -0.314. The highest BCUT2D eigenvalue weighted by Crippen LogP contribution is 2.18. The number of aromatic nitrogens is 2. The van der Waals surface area contributed by atoms with Gasteiger partial charge in [0.15, 0.2) is 0 Å². The molecule has 1 aromatic heterocycles. The number of hydrogen-bond acceptors (Lipinski definition) is 3. The Kier molecular flexibility index (Phi) is 3.21. The molecule has 0 bridgehead atoms. The first kappa shape index (κ1) is 11.8. The molecule has 1 heterocycles. The average Bonchev–Trinajstić information content (AvgIpc) is 2.70. The van der Waals surface area contributed by atoms with E-state index in [1.54, 1.807) is 23.0 Å². The Morgan fingerprint density at radius 2 is 2.29 bits per heavy atom. The summed E-state index contributed by atoms with van der Waals surface area (Å²) in [5.41, 5.74) is 7.94. The molecule has 0 aliphatic carbocycles. The van der Waals surface area contributed by atoms with Gasteiger partial charge < -0.3 is 10.8 Å². The quantitative estimate of drug-likeness (QED) is 0.843. The van der Waals surface area contributed by atoms with Crippen molar-refractivity contribution in [3.05, 3.63) is 47.5 Å². The van der Waals surface area contributed by atoms with E-state index in [1.165, 1.54) is 12.1 Å². The first-order valence-corrected chi connectivity index (χ1v) is 5.30. The van der Waals surface area contributed by atoms with Gasteiger partial charge in [-0.3, -0.25) is 0 Å². The standard InChI is InChI=1S/C12H14FN3O/c1-8-11(12(14)7-17)6-15-16(8)10-4-2-3-9(13)5-10/h2-6,12,17H,7,14H2,1H3. The minimum atomic E-state index is -0.461. The normalized spacial score (nSPS) is 12.7. The zero-order valence-corrected chi connectivity index (χ0v) is 9.47. The zero-order chi connectivity index (χ0) is 12.4. The van der Waals surface area contributed by atoms with Crippen LogP contribution in [0.3, 0.4) is 0 Å². The number of aliphatic hydroxyl groups excluding tert-OH is 1. The molecule has 0 fully saturated rings. The molecule has 1 unspecified atom stereocenters. The zero-order valence-electron chi connectivity index (χ0n) is 9.47. The number of nitrogens with two attached hydrogens (primary N) is 1.